The number of carbonyl (C=O) groups is 3. The highest BCUT2D eigenvalue weighted by atomic mass is 16.6. The number of carbonyl (C=O) groups excluding carboxylic acids is 3. The second-order valence-electron chi connectivity index (χ2n) is 17.4. The molecule has 1 N–H and O–H groups in total. The zero-order valence-electron chi connectivity index (χ0n) is 27.6. The maximum absolute atomic E-state index is 13.8. The van der Waals surface area contributed by atoms with Crippen LogP contribution < -0.4 is 0 Å². The van der Waals surface area contributed by atoms with Crippen LogP contribution in [0.3, 0.4) is 0 Å². The van der Waals surface area contributed by atoms with E-state index in [9.17, 15) is 19.5 Å². The summed E-state index contributed by atoms with van der Waals surface area (Å²) in [4.78, 5) is 40.0. The first-order valence-electron chi connectivity index (χ1n) is 19.0. The molecule has 8 fully saturated rings. The molecule has 0 heterocycles. The van der Waals surface area contributed by atoms with E-state index in [0.717, 1.165) is 55.8 Å². The predicted octanol–water partition coefficient (Wildman–Crippen LogP) is 7.31. The number of fused-ring (bicyclic) bond motifs is 4. The molecule has 0 amide bonds. The Bertz CT molecular complexity index is 973. The van der Waals surface area contributed by atoms with Gasteiger partial charge in [0.15, 0.2) is 5.60 Å². The number of esters is 3. The molecule has 4 unspecified atom stereocenters. The van der Waals surface area contributed by atoms with E-state index in [1.807, 2.05) is 0 Å². The molecular formula is C38H58O7. The van der Waals surface area contributed by atoms with E-state index in [0.29, 0.717) is 29.6 Å². The van der Waals surface area contributed by atoms with Crippen LogP contribution in [0.1, 0.15) is 141 Å². The molecule has 4 atom stereocenters. The van der Waals surface area contributed by atoms with Gasteiger partial charge in [0.25, 0.3) is 0 Å². The summed E-state index contributed by atoms with van der Waals surface area (Å²) in [7, 11) is 0. The SMILES string of the molecule is O=C(CC(O)(CC(=O)OCCC1CC2CCCC(C2)C1)C(=O)OC12CC3CC(CC(C3)C1)C2)OCCC1CC2CCCC(C2)C1. The van der Waals surface area contributed by atoms with E-state index < -0.39 is 42.0 Å². The lowest BCUT2D eigenvalue weighted by atomic mass is 9.54. The minimum atomic E-state index is -2.28. The second-order valence-corrected chi connectivity index (χ2v) is 17.4. The maximum atomic E-state index is 13.8. The van der Waals surface area contributed by atoms with Crippen molar-refractivity contribution >= 4 is 17.9 Å². The Morgan fingerprint density at radius 2 is 0.956 bits per heavy atom. The third kappa shape index (κ3) is 7.75. The Morgan fingerprint density at radius 3 is 1.36 bits per heavy atom. The van der Waals surface area contributed by atoms with Crippen LogP contribution in [0.15, 0.2) is 0 Å². The van der Waals surface area contributed by atoms with Crippen molar-refractivity contribution in [1.29, 1.82) is 0 Å². The van der Waals surface area contributed by atoms with Crippen molar-refractivity contribution in [2.45, 2.75) is 152 Å². The molecule has 45 heavy (non-hydrogen) atoms. The lowest BCUT2D eigenvalue weighted by molar-refractivity contribution is -0.209. The fraction of sp³-hybridized carbons (Fsp3) is 0.921. The molecular weight excluding hydrogens is 568 g/mol. The van der Waals surface area contributed by atoms with E-state index in [1.165, 1.54) is 96.3 Å². The van der Waals surface area contributed by atoms with Crippen LogP contribution in [0.2, 0.25) is 0 Å². The molecule has 7 heteroatoms. The minimum Gasteiger partial charge on any atom is -0.466 e. The highest BCUT2D eigenvalue weighted by molar-refractivity contribution is 5.90. The maximum Gasteiger partial charge on any atom is 0.339 e. The van der Waals surface area contributed by atoms with Gasteiger partial charge in [0, 0.05) is 0 Å². The summed E-state index contributed by atoms with van der Waals surface area (Å²) >= 11 is 0. The molecule has 0 saturated heterocycles. The highest BCUT2D eigenvalue weighted by Crippen LogP contribution is 2.57. The Hall–Kier alpha value is -1.63. The van der Waals surface area contributed by atoms with Crippen molar-refractivity contribution in [3.63, 3.8) is 0 Å². The number of hydrogen-bond acceptors (Lipinski definition) is 7. The average Bonchev–Trinajstić information content (AvgIpc) is 2.96. The normalized spacial score (nSPS) is 41.1. The molecule has 8 bridgehead atoms. The predicted molar refractivity (Wildman–Crippen MR) is 169 cm³/mol. The molecule has 0 aliphatic heterocycles. The summed E-state index contributed by atoms with van der Waals surface area (Å²) in [5.41, 5.74) is -2.85. The van der Waals surface area contributed by atoms with Crippen molar-refractivity contribution in [2.24, 2.45) is 53.3 Å². The summed E-state index contributed by atoms with van der Waals surface area (Å²) in [6, 6.07) is 0. The molecule has 0 radical (unpaired) electrons. The summed E-state index contributed by atoms with van der Waals surface area (Å²) < 4.78 is 17.4. The van der Waals surface area contributed by atoms with Gasteiger partial charge in [0.2, 0.25) is 0 Å². The molecule has 8 rings (SSSR count). The molecule has 8 aliphatic carbocycles. The molecule has 7 nitrogen and oxygen atoms in total. The topological polar surface area (TPSA) is 99.1 Å². The third-order valence-corrected chi connectivity index (χ3v) is 13.6. The van der Waals surface area contributed by atoms with E-state index in [1.54, 1.807) is 0 Å². The first-order chi connectivity index (χ1) is 21.7. The van der Waals surface area contributed by atoms with Gasteiger partial charge in [0.05, 0.1) is 26.1 Å². The van der Waals surface area contributed by atoms with Crippen LogP contribution in [-0.2, 0) is 28.6 Å². The molecule has 0 aromatic carbocycles. The van der Waals surface area contributed by atoms with Gasteiger partial charge in [-0.05, 0) is 143 Å². The third-order valence-electron chi connectivity index (χ3n) is 13.6. The van der Waals surface area contributed by atoms with Gasteiger partial charge in [0.1, 0.15) is 5.60 Å². The van der Waals surface area contributed by atoms with E-state index >= 15 is 0 Å². The lowest BCUT2D eigenvalue weighted by Gasteiger charge is -2.56. The highest BCUT2D eigenvalue weighted by Gasteiger charge is 2.55. The summed E-state index contributed by atoms with van der Waals surface area (Å²) in [6.45, 7) is 0.577. The molecule has 0 aromatic rings. The van der Waals surface area contributed by atoms with E-state index in [-0.39, 0.29) is 13.2 Å². The first-order valence-corrected chi connectivity index (χ1v) is 19.0. The standard InChI is InChI=1S/C38H58O7/c39-34(43-9-7-29-13-25-3-1-4-26(11-25)14-29)23-38(42,36(41)45-37-20-31-17-32(21-37)19-33(18-31)22-37)24-35(40)44-10-8-30-15-27-5-2-6-28(12-27)16-30/h25-33,42H,1-24H2. The molecule has 8 aliphatic rings. The van der Waals surface area contributed by atoms with Gasteiger partial charge in [-0.1, -0.05) is 38.5 Å². The Balaban J connectivity index is 0.941. The smallest absolute Gasteiger partial charge is 0.339 e. The Kier molecular flexibility index (Phi) is 9.56. The monoisotopic (exact) mass is 626 g/mol. The summed E-state index contributed by atoms with van der Waals surface area (Å²) in [6.07, 6.45) is 22.1. The fourth-order valence-corrected chi connectivity index (χ4v) is 12.1. The average molecular weight is 627 g/mol. The van der Waals surface area contributed by atoms with Crippen LogP contribution in [0.4, 0.5) is 0 Å². The van der Waals surface area contributed by atoms with Crippen LogP contribution in [0, 0.1) is 53.3 Å². The van der Waals surface area contributed by atoms with Gasteiger partial charge < -0.3 is 19.3 Å². The molecule has 252 valence electrons. The van der Waals surface area contributed by atoms with E-state index in [2.05, 4.69) is 0 Å². The number of aliphatic hydroxyl groups is 1. The van der Waals surface area contributed by atoms with Gasteiger partial charge in [-0.15, -0.1) is 0 Å². The van der Waals surface area contributed by atoms with Crippen LogP contribution in [0.5, 0.6) is 0 Å². The Morgan fingerprint density at radius 1 is 0.578 bits per heavy atom. The van der Waals surface area contributed by atoms with Gasteiger partial charge >= 0.3 is 17.9 Å². The van der Waals surface area contributed by atoms with Crippen molar-refractivity contribution in [3.8, 4) is 0 Å². The van der Waals surface area contributed by atoms with Gasteiger partial charge in [-0.25, -0.2) is 4.79 Å². The zero-order valence-corrected chi connectivity index (χ0v) is 27.6. The van der Waals surface area contributed by atoms with Crippen molar-refractivity contribution < 1.29 is 33.7 Å². The van der Waals surface area contributed by atoms with Crippen molar-refractivity contribution in [2.75, 3.05) is 13.2 Å². The molecule has 0 aromatic heterocycles. The summed E-state index contributed by atoms with van der Waals surface area (Å²) in [5, 5.41) is 11.8. The largest absolute Gasteiger partial charge is 0.466 e. The minimum absolute atomic E-state index is 0.289. The molecule has 0 spiro atoms. The quantitative estimate of drug-likeness (QED) is 0.179. The van der Waals surface area contributed by atoms with Crippen LogP contribution >= 0.6 is 0 Å². The number of ether oxygens (including phenoxy) is 3. The Labute approximate surface area is 270 Å². The van der Waals surface area contributed by atoms with Crippen LogP contribution in [0.25, 0.3) is 0 Å². The number of hydrogen-bond donors (Lipinski definition) is 1. The zero-order chi connectivity index (χ0) is 31.0. The second kappa shape index (κ2) is 13.5. The van der Waals surface area contributed by atoms with Crippen molar-refractivity contribution in [3.05, 3.63) is 0 Å². The van der Waals surface area contributed by atoms with Crippen molar-refractivity contribution in [1.82, 2.24) is 0 Å². The van der Waals surface area contributed by atoms with Crippen LogP contribution in [-0.4, -0.2) is 47.4 Å². The number of rotatable bonds is 12. The fourth-order valence-electron chi connectivity index (χ4n) is 12.1. The van der Waals surface area contributed by atoms with Gasteiger partial charge in [-0.3, -0.25) is 9.59 Å². The lowest BCUT2D eigenvalue weighted by Crippen LogP contribution is -2.56. The van der Waals surface area contributed by atoms with Gasteiger partial charge in [-0.2, -0.15) is 0 Å². The summed E-state index contributed by atoms with van der Waals surface area (Å²) in [5.74, 6) is 3.94. The first kappa shape index (κ1) is 31.9. The molecule has 8 saturated carbocycles. The van der Waals surface area contributed by atoms with E-state index in [4.69, 9.17) is 14.2 Å².